The van der Waals surface area contributed by atoms with Gasteiger partial charge >= 0.3 is 5.22 Å². The molecule has 0 radical (unpaired) electrons. The lowest BCUT2D eigenvalue weighted by atomic mass is 9.94. The molecule has 1 aromatic heterocycles. The molecule has 0 fully saturated rings. The highest BCUT2D eigenvalue weighted by Gasteiger charge is 2.31. The first-order valence-corrected chi connectivity index (χ1v) is 10.1. The number of nitrogens with zero attached hydrogens (tertiary/aromatic N) is 2. The van der Waals surface area contributed by atoms with Crippen LogP contribution in [-0.2, 0) is 20.4 Å². The lowest BCUT2D eigenvalue weighted by Gasteiger charge is -2.24. The monoisotopic (exact) mass is 379 g/mol. The first kappa shape index (κ1) is 20.1. The average Bonchev–Trinajstić information content (AvgIpc) is 3.02. The van der Waals surface area contributed by atoms with Gasteiger partial charge in [-0.3, -0.25) is 4.79 Å². The summed E-state index contributed by atoms with van der Waals surface area (Å²) in [6, 6.07) is 8.22. The Hall–Kier alpha value is -2.22. The molecular formula is C18H25N3O4S. The number of carbonyl (C=O) groups is 1. The number of rotatable bonds is 6. The van der Waals surface area contributed by atoms with Crippen molar-refractivity contribution in [3.8, 4) is 0 Å². The third-order valence-electron chi connectivity index (χ3n) is 3.79. The SMILES string of the molecule is CC(C)[C@H](NC(=O)C(C)(C)C)c1nnc(S(=O)(=O)Cc2ccccc2)o1. The molecule has 0 saturated heterocycles. The van der Waals surface area contributed by atoms with Gasteiger partial charge in [-0.05, 0) is 11.5 Å². The molecule has 1 N–H and O–H groups in total. The Morgan fingerprint density at radius 1 is 1.15 bits per heavy atom. The molecule has 8 heteroatoms. The maximum absolute atomic E-state index is 12.5. The van der Waals surface area contributed by atoms with Gasteiger partial charge < -0.3 is 9.73 Å². The summed E-state index contributed by atoms with van der Waals surface area (Å²) in [7, 11) is -3.76. The Balaban J connectivity index is 2.24. The minimum Gasteiger partial charge on any atom is -0.410 e. The van der Waals surface area contributed by atoms with Crippen molar-refractivity contribution in [2.24, 2.45) is 11.3 Å². The fraction of sp³-hybridized carbons (Fsp3) is 0.500. The largest absolute Gasteiger partial charge is 0.410 e. The first-order chi connectivity index (χ1) is 12.0. The molecule has 1 heterocycles. The van der Waals surface area contributed by atoms with E-state index in [0.29, 0.717) is 5.56 Å². The number of hydrogen-bond donors (Lipinski definition) is 1. The van der Waals surface area contributed by atoms with Crippen molar-refractivity contribution in [3.63, 3.8) is 0 Å². The Morgan fingerprint density at radius 3 is 2.31 bits per heavy atom. The quantitative estimate of drug-likeness (QED) is 0.828. The third kappa shape index (κ3) is 4.91. The molecule has 2 rings (SSSR count). The van der Waals surface area contributed by atoms with E-state index in [1.54, 1.807) is 45.0 Å². The van der Waals surface area contributed by atoms with Gasteiger partial charge in [0, 0.05) is 5.41 Å². The summed E-state index contributed by atoms with van der Waals surface area (Å²) in [6.07, 6.45) is 0. The number of hydrogen-bond acceptors (Lipinski definition) is 6. The second-order valence-electron chi connectivity index (χ2n) is 7.60. The van der Waals surface area contributed by atoms with Crippen LogP contribution in [0.3, 0.4) is 0 Å². The number of benzene rings is 1. The Morgan fingerprint density at radius 2 is 1.77 bits per heavy atom. The minimum atomic E-state index is -3.76. The molecular weight excluding hydrogens is 354 g/mol. The minimum absolute atomic E-state index is 0.0496. The maximum atomic E-state index is 12.5. The van der Waals surface area contributed by atoms with Gasteiger partial charge in [0.1, 0.15) is 6.04 Å². The molecule has 0 saturated carbocycles. The smallest absolute Gasteiger partial charge is 0.335 e. The van der Waals surface area contributed by atoms with E-state index in [9.17, 15) is 13.2 Å². The molecule has 2 aromatic rings. The molecule has 0 aliphatic rings. The van der Waals surface area contributed by atoms with E-state index in [2.05, 4.69) is 15.5 Å². The number of aromatic nitrogens is 2. The van der Waals surface area contributed by atoms with Gasteiger partial charge in [-0.25, -0.2) is 8.42 Å². The van der Waals surface area contributed by atoms with Crippen molar-refractivity contribution in [1.82, 2.24) is 15.5 Å². The summed E-state index contributed by atoms with van der Waals surface area (Å²) >= 11 is 0. The normalized spacial score (nSPS) is 13.6. The summed E-state index contributed by atoms with van der Waals surface area (Å²) in [5.41, 5.74) is 0.0451. The third-order valence-corrected chi connectivity index (χ3v) is 5.20. The van der Waals surface area contributed by atoms with E-state index < -0.39 is 26.5 Å². The summed E-state index contributed by atoms with van der Waals surface area (Å²) in [5, 5.41) is 9.99. The van der Waals surface area contributed by atoms with Gasteiger partial charge in [0.25, 0.3) is 0 Å². The van der Waals surface area contributed by atoms with Crippen LogP contribution in [0.5, 0.6) is 0 Å². The highest BCUT2D eigenvalue weighted by Crippen LogP contribution is 2.25. The molecule has 0 aliphatic carbocycles. The van der Waals surface area contributed by atoms with Crippen LogP contribution < -0.4 is 5.32 Å². The van der Waals surface area contributed by atoms with Crippen molar-refractivity contribution in [3.05, 3.63) is 41.8 Å². The van der Waals surface area contributed by atoms with Crippen molar-refractivity contribution in [2.45, 2.75) is 51.6 Å². The molecule has 7 nitrogen and oxygen atoms in total. The number of nitrogens with one attached hydrogen (secondary N) is 1. The number of sulfone groups is 1. The van der Waals surface area contributed by atoms with Crippen LogP contribution in [-0.4, -0.2) is 24.5 Å². The zero-order valence-electron chi connectivity index (χ0n) is 15.7. The summed E-state index contributed by atoms with van der Waals surface area (Å²) in [6.45, 7) is 9.15. The zero-order valence-corrected chi connectivity index (χ0v) is 16.5. The predicted molar refractivity (Wildman–Crippen MR) is 96.8 cm³/mol. The molecule has 1 amide bonds. The Kier molecular flexibility index (Phi) is 5.85. The van der Waals surface area contributed by atoms with E-state index in [4.69, 9.17) is 4.42 Å². The van der Waals surface area contributed by atoms with Crippen LogP contribution in [0.25, 0.3) is 0 Å². The van der Waals surface area contributed by atoms with Crippen molar-refractivity contribution in [1.29, 1.82) is 0 Å². The molecule has 1 aromatic carbocycles. The van der Waals surface area contributed by atoms with E-state index in [1.165, 1.54) is 0 Å². The van der Waals surface area contributed by atoms with E-state index >= 15 is 0 Å². The van der Waals surface area contributed by atoms with E-state index in [-0.39, 0.29) is 23.5 Å². The van der Waals surface area contributed by atoms with Gasteiger partial charge in [-0.2, -0.15) is 0 Å². The molecule has 0 unspecified atom stereocenters. The fourth-order valence-electron chi connectivity index (χ4n) is 2.20. The number of carbonyl (C=O) groups excluding carboxylic acids is 1. The molecule has 0 spiro atoms. The van der Waals surface area contributed by atoms with Gasteiger partial charge in [-0.15, -0.1) is 5.10 Å². The fourth-order valence-corrected chi connectivity index (χ4v) is 3.33. The second-order valence-corrected chi connectivity index (χ2v) is 9.46. The molecule has 26 heavy (non-hydrogen) atoms. The topological polar surface area (TPSA) is 102 Å². The Bertz CT molecular complexity index is 852. The van der Waals surface area contributed by atoms with Gasteiger partial charge in [0.15, 0.2) is 0 Å². The van der Waals surface area contributed by atoms with Crippen LogP contribution in [0, 0.1) is 11.3 Å². The van der Waals surface area contributed by atoms with Gasteiger partial charge in [-0.1, -0.05) is 70.0 Å². The van der Waals surface area contributed by atoms with E-state index in [1.807, 2.05) is 19.9 Å². The highest BCUT2D eigenvalue weighted by atomic mass is 32.2. The van der Waals surface area contributed by atoms with Crippen LogP contribution in [0.1, 0.15) is 52.1 Å². The maximum Gasteiger partial charge on any atom is 0.335 e. The number of amides is 1. The van der Waals surface area contributed by atoms with Crippen molar-refractivity contribution < 1.29 is 17.6 Å². The molecule has 1 atom stereocenters. The Labute approximate surface area is 154 Å². The van der Waals surface area contributed by atoms with Crippen LogP contribution in [0.15, 0.2) is 40.0 Å². The molecule has 142 valence electrons. The van der Waals surface area contributed by atoms with Crippen LogP contribution in [0.2, 0.25) is 0 Å². The summed E-state index contributed by atoms with van der Waals surface area (Å²) < 4.78 is 30.4. The summed E-state index contributed by atoms with van der Waals surface area (Å²) in [4.78, 5) is 12.3. The van der Waals surface area contributed by atoms with Crippen molar-refractivity contribution in [2.75, 3.05) is 0 Å². The van der Waals surface area contributed by atoms with Gasteiger partial charge in [0.2, 0.25) is 21.6 Å². The van der Waals surface area contributed by atoms with E-state index in [0.717, 1.165) is 0 Å². The highest BCUT2D eigenvalue weighted by molar-refractivity contribution is 7.90. The second kappa shape index (κ2) is 7.57. The zero-order chi connectivity index (χ0) is 19.5. The van der Waals surface area contributed by atoms with Crippen LogP contribution in [0.4, 0.5) is 0 Å². The average molecular weight is 379 g/mol. The van der Waals surface area contributed by atoms with Crippen molar-refractivity contribution >= 4 is 15.7 Å². The lowest BCUT2D eigenvalue weighted by molar-refractivity contribution is -0.129. The first-order valence-electron chi connectivity index (χ1n) is 8.42. The molecule has 0 bridgehead atoms. The van der Waals surface area contributed by atoms with Crippen LogP contribution >= 0.6 is 0 Å². The standard InChI is InChI=1S/C18H25N3O4S/c1-12(2)14(19-16(22)18(3,4)5)15-20-21-17(25-15)26(23,24)11-13-9-7-6-8-10-13/h6-10,12,14H,11H2,1-5H3,(H,19,22)/t14-/m0/s1. The lowest BCUT2D eigenvalue weighted by Crippen LogP contribution is -2.39. The molecule has 0 aliphatic heterocycles. The van der Waals surface area contributed by atoms with Gasteiger partial charge in [0.05, 0.1) is 5.75 Å². The predicted octanol–water partition coefficient (Wildman–Crippen LogP) is 2.90. The summed E-state index contributed by atoms with van der Waals surface area (Å²) in [5.74, 6) is -0.366.